The Labute approximate surface area is 396 Å². The molecule has 0 aliphatic carbocycles. The summed E-state index contributed by atoms with van der Waals surface area (Å²) in [4.78, 5) is 69.0. The fourth-order valence-corrected chi connectivity index (χ4v) is 8.96. The number of hydrogen-bond acceptors (Lipinski definition) is 16. The van der Waals surface area contributed by atoms with Crippen LogP contribution in [0.25, 0.3) is 0 Å². The average molecular weight is 945 g/mol. The highest BCUT2D eigenvalue weighted by Crippen LogP contribution is 2.42. The van der Waals surface area contributed by atoms with Crippen molar-refractivity contribution in [3.63, 3.8) is 0 Å². The smallest absolute Gasteiger partial charge is 0.338 e. The van der Waals surface area contributed by atoms with Crippen LogP contribution in [0, 0.1) is 0 Å². The summed E-state index contributed by atoms with van der Waals surface area (Å²) < 4.78 is 63.6. The third-order valence-electron chi connectivity index (χ3n) is 11.1. The van der Waals surface area contributed by atoms with Crippen LogP contribution in [0.15, 0.2) is 164 Å². The van der Waals surface area contributed by atoms with Gasteiger partial charge in [0.1, 0.15) is 31.0 Å². The lowest BCUT2D eigenvalue weighted by Crippen LogP contribution is -2.67. The van der Waals surface area contributed by atoms with Gasteiger partial charge >= 0.3 is 23.9 Å². The van der Waals surface area contributed by atoms with Gasteiger partial charge in [0.05, 0.1) is 40.7 Å². The molecule has 8 rings (SSSR count). The van der Waals surface area contributed by atoms with E-state index in [0.717, 1.165) is 11.8 Å². The summed E-state index contributed by atoms with van der Waals surface area (Å²) >= 11 is 0.865. The van der Waals surface area contributed by atoms with Crippen LogP contribution in [0.3, 0.4) is 0 Å². The average Bonchev–Trinajstić information content (AvgIpc) is 3.38. The van der Waals surface area contributed by atoms with Crippen LogP contribution in [-0.4, -0.2) is 109 Å². The predicted molar refractivity (Wildman–Crippen MR) is 244 cm³/mol. The van der Waals surface area contributed by atoms with Gasteiger partial charge in [-0.05, 0) is 48.5 Å². The number of esters is 4. The molecule has 3 fully saturated rings. The van der Waals surface area contributed by atoms with E-state index in [-0.39, 0.29) is 40.6 Å². The number of ether oxygens (including phenoxy) is 10. The van der Waals surface area contributed by atoms with Crippen LogP contribution in [0.5, 0.6) is 0 Å². The Morgan fingerprint density at radius 1 is 0.588 bits per heavy atom. The Hall–Kier alpha value is -6.50. The summed E-state index contributed by atoms with van der Waals surface area (Å²) in [7, 11) is 0. The third kappa shape index (κ3) is 11.8. The molecule has 0 bridgehead atoms. The fraction of sp³-hybridized carbons (Fsp3) is 0.288. The molecule has 0 aromatic heterocycles. The van der Waals surface area contributed by atoms with Gasteiger partial charge in [-0.1, -0.05) is 121 Å². The molecule has 0 saturated carbocycles. The van der Waals surface area contributed by atoms with Crippen LogP contribution < -0.4 is 0 Å². The van der Waals surface area contributed by atoms with Gasteiger partial charge in [-0.25, -0.2) is 19.2 Å². The van der Waals surface area contributed by atoms with E-state index in [0.29, 0.717) is 5.56 Å². The molecule has 3 aliphatic heterocycles. The van der Waals surface area contributed by atoms with Crippen LogP contribution in [-0.2, 0) is 52.2 Å². The van der Waals surface area contributed by atoms with Crippen molar-refractivity contribution in [2.24, 2.45) is 0 Å². The van der Waals surface area contributed by atoms with Crippen LogP contribution in [0.4, 0.5) is 0 Å². The number of fused-ring (bicyclic) bond motifs is 1. The van der Waals surface area contributed by atoms with Crippen LogP contribution in [0.2, 0.25) is 0 Å². The molecule has 5 aromatic rings. The van der Waals surface area contributed by atoms with Crippen molar-refractivity contribution in [2.75, 3.05) is 19.8 Å². The summed E-state index contributed by atoms with van der Waals surface area (Å²) in [5, 5.41) is -1.32. The standard InChI is InChI=1S/C52H48O15S/c1-3-29-58-51-43(64-48(56)35-23-13-6-14-24-35)42(63-47(55)34-21-11-5-12-22-34)40(38(61-51)30-59-46(54)33-19-9-4-10-20-33)66-52-44(65-49(57)36-25-15-7-16-26-36)45(68-32(2)53)41-39(62-52)31-60-50(67-41)37-27-17-8-18-28-37/h3-28,38-45,50-52H,1,29-31H2,2H3/t38-,39-,40-,41+,42+,43-,44-,45+,50?,51-,52+/m1/s1. The zero-order valence-corrected chi connectivity index (χ0v) is 37.5. The highest BCUT2D eigenvalue weighted by molar-refractivity contribution is 8.14. The minimum atomic E-state index is -1.62. The highest BCUT2D eigenvalue weighted by atomic mass is 32.2. The van der Waals surface area contributed by atoms with Crippen molar-refractivity contribution in [1.29, 1.82) is 0 Å². The van der Waals surface area contributed by atoms with Crippen molar-refractivity contribution in [3.8, 4) is 0 Å². The largest absolute Gasteiger partial charge is 0.459 e. The highest BCUT2D eigenvalue weighted by Gasteiger charge is 2.58. The first-order valence-electron chi connectivity index (χ1n) is 21.8. The molecular weight excluding hydrogens is 897 g/mol. The molecule has 352 valence electrons. The topological polar surface area (TPSA) is 178 Å². The minimum Gasteiger partial charge on any atom is -0.459 e. The second kappa shape index (κ2) is 23.0. The lowest BCUT2D eigenvalue weighted by atomic mass is 9.96. The molecule has 0 spiro atoms. The van der Waals surface area contributed by atoms with E-state index in [1.165, 1.54) is 37.3 Å². The number of carbonyl (C=O) groups excluding carboxylic acids is 5. The molecule has 1 unspecified atom stereocenters. The maximum Gasteiger partial charge on any atom is 0.338 e. The molecule has 0 N–H and O–H groups in total. The number of carbonyl (C=O) groups is 5. The number of hydrogen-bond donors (Lipinski definition) is 0. The van der Waals surface area contributed by atoms with Gasteiger partial charge in [0.2, 0.25) is 0 Å². The van der Waals surface area contributed by atoms with Crippen molar-refractivity contribution in [3.05, 3.63) is 192 Å². The Balaban J connectivity index is 1.22. The first-order valence-corrected chi connectivity index (χ1v) is 22.7. The third-order valence-corrected chi connectivity index (χ3v) is 12.2. The van der Waals surface area contributed by atoms with Crippen LogP contribution >= 0.6 is 11.8 Å². The molecule has 3 saturated heterocycles. The summed E-state index contributed by atoms with van der Waals surface area (Å²) in [6.45, 7) is 4.42. The van der Waals surface area contributed by atoms with Crippen LogP contribution in [0.1, 0.15) is 60.2 Å². The molecular formula is C52H48O15S. The summed E-state index contributed by atoms with van der Waals surface area (Å²) in [6, 6.07) is 41.8. The molecule has 3 aliphatic rings. The minimum absolute atomic E-state index is 0.0567. The second-order valence-electron chi connectivity index (χ2n) is 15.7. The lowest BCUT2D eigenvalue weighted by molar-refractivity contribution is -0.366. The molecule has 11 atom stereocenters. The van der Waals surface area contributed by atoms with Crippen molar-refractivity contribution >= 4 is 40.8 Å². The Morgan fingerprint density at radius 2 is 1.07 bits per heavy atom. The van der Waals surface area contributed by atoms with E-state index in [2.05, 4.69) is 6.58 Å². The van der Waals surface area contributed by atoms with Crippen molar-refractivity contribution in [2.45, 2.75) is 73.8 Å². The Kier molecular flexibility index (Phi) is 16.2. The van der Waals surface area contributed by atoms with Gasteiger partial charge in [0.15, 0.2) is 42.3 Å². The van der Waals surface area contributed by atoms with Crippen molar-refractivity contribution < 1.29 is 71.3 Å². The molecule has 0 radical (unpaired) electrons. The summed E-state index contributed by atoms with van der Waals surface area (Å²) in [5.74, 6) is -3.17. The molecule has 15 nitrogen and oxygen atoms in total. The zero-order valence-electron chi connectivity index (χ0n) is 36.7. The number of benzene rings is 5. The molecule has 16 heteroatoms. The zero-order chi connectivity index (χ0) is 47.4. The number of rotatable bonds is 16. The van der Waals surface area contributed by atoms with E-state index >= 15 is 0 Å². The SMILES string of the molecule is C=CCO[C@@H]1O[C@H](COC(=O)c2ccccc2)[C@@H](O[C@@H]2O[C@@H]3COC(c4ccccc4)O[C@@H]3[C@H](SC(C)=O)[C@H]2OC(=O)c2ccccc2)[C@H](OC(=O)c2ccccc2)[C@H]1OC(=O)c1ccccc1. The Morgan fingerprint density at radius 3 is 1.59 bits per heavy atom. The molecule has 3 heterocycles. The predicted octanol–water partition coefficient (Wildman–Crippen LogP) is 7.32. The van der Waals surface area contributed by atoms with Gasteiger partial charge < -0.3 is 47.4 Å². The quantitative estimate of drug-likeness (QED) is 0.0546. The molecule has 5 aromatic carbocycles. The van der Waals surface area contributed by atoms with Gasteiger partial charge in [0, 0.05) is 12.5 Å². The van der Waals surface area contributed by atoms with Gasteiger partial charge in [-0.3, -0.25) is 4.79 Å². The van der Waals surface area contributed by atoms with Crippen molar-refractivity contribution in [1.82, 2.24) is 0 Å². The van der Waals surface area contributed by atoms with Gasteiger partial charge in [-0.15, -0.1) is 6.58 Å². The lowest BCUT2D eigenvalue weighted by Gasteiger charge is -2.50. The normalized spacial score (nSPS) is 26.5. The summed E-state index contributed by atoms with van der Waals surface area (Å²) in [6.07, 6.45) is -11.9. The maximum absolute atomic E-state index is 14.2. The van der Waals surface area contributed by atoms with Gasteiger partial charge in [0.25, 0.3) is 0 Å². The second-order valence-corrected chi connectivity index (χ2v) is 17.1. The number of thioether (sulfide) groups is 1. The maximum atomic E-state index is 14.2. The molecule has 68 heavy (non-hydrogen) atoms. The van der Waals surface area contributed by atoms with E-state index in [1.807, 2.05) is 30.3 Å². The Bertz CT molecular complexity index is 2480. The van der Waals surface area contributed by atoms with E-state index in [4.69, 9.17) is 47.4 Å². The monoisotopic (exact) mass is 944 g/mol. The van der Waals surface area contributed by atoms with E-state index < -0.39 is 97.3 Å². The first kappa shape index (κ1) is 48.0. The fourth-order valence-electron chi connectivity index (χ4n) is 7.89. The van der Waals surface area contributed by atoms with E-state index in [1.54, 1.807) is 97.1 Å². The first-order chi connectivity index (χ1) is 33.2. The van der Waals surface area contributed by atoms with E-state index in [9.17, 15) is 24.0 Å². The van der Waals surface area contributed by atoms with Gasteiger partial charge in [-0.2, -0.15) is 0 Å². The molecule has 0 amide bonds. The summed E-state index contributed by atoms with van der Waals surface area (Å²) in [5.41, 5.74) is 1.41.